The lowest BCUT2D eigenvalue weighted by Gasteiger charge is -2.52. The van der Waals surface area contributed by atoms with Crippen molar-refractivity contribution in [2.75, 3.05) is 20.2 Å². The molecule has 118 valence electrons. The van der Waals surface area contributed by atoms with E-state index < -0.39 is 0 Å². The molecule has 2 rings (SSSR count). The zero-order valence-corrected chi connectivity index (χ0v) is 14.2. The highest BCUT2D eigenvalue weighted by Crippen LogP contribution is 2.31. The summed E-state index contributed by atoms with van der Waals surface area (Å²) in [6, 6.07) is 8.37. The molecule has 1 fully saturated rings. The van der Waals surface area contributed by atoms with E-state index in [0.717, 1.165) is 38.2 Å². The Bertz CT molecular complexity index is 476. The molecule has 3 nitrogen and oxygen atoms in total. The first-order valence-corrected chi connectivity index (χ1v) is 8.08. The number of para-hydroxylation sites is 1. The molecule has 1 heterocycles. The first-order valence-electron chi connectivity index (χ1n) is 8.08. The number of hydrogen-bond acceptors (Lipinski definition) is 3. The lowest BCUT2D eigenvalue weighted by molar-refractivity contribution is 0.00998. The van der Waals surface area contributed by atoms with Crippen LogP contribution >= 0.6 is 0 Å². The number of rotatable bonds is 5. The van der Waals surface area contributed by atoms with Gasteiger partial charge in [-0.1, -0.05) is 32.0 Å². The van der Waals surface area contributed by atoms with Crippen molar-refractivity contribution in [3.8, 4) is 5.75 Å². The van der Waals surface area contributed by atoms with Gasteiger partial charge in [0.05, 0.1) is 7.11 Å². The summed E-state index contributed by atoms with van der Waals surface area (Å²) in [6.45, 7) is 12.3. The molecule has 1 aromatic carbocycles. The first-order chi connectivity index (χ1) is 9.96. The maximum atomic E-state index is 5.52. The molecule has 0 aromatic heterocycles. The fraction of sp³-hybridized carbons (Fsp3) is 0.667. The molecule has 3 heteroatoms. The Morgan fingerprint density at radius 3 is 2.52 bits per heavy atom. The van der Waals surface area contributed by atoms with Crippen LogP contribution in [0, 0.1) is 0 Å². The Labute approximate surface area is 129 Å². The third-order valence-electron chi connectivity index (χ3n) is 5.29. The van der Waals surface area contributed by atoms with Crippen LogP contribution in [0.25, 0.3) is 0 Å². The molecular formula is C18H30N2O. The van der Waals surface area contributed by atoms with Crippen LogP contribution in [0.2, 0.25) is 0 Å². The third-order valence-corrected chi connectivity index (χ3v) is 5.29. The molecule has 0 spiro atoms. The van der Waals surface area contributed by atoms with Crippen LogP contribution in [0.4, 0.5) is 0 Å². The van der Waals surface area contributed by atoms with Crippen molar-refractivity contribution >= 4 is 0 Å². The minimum Gasteiger partial charge on any atom is -0.496 e. The molecule has 0 saturated carbocycles. The summed E-state index contributed by atoms with van der Waals surface area (Å²) in [5.74, 6) is 0.993. The number of piperazine rings is 1. The lowest BCUT2D eigenvalue weighted by Crippen LogP contribution is -2.67. The summed E-state index contributed by atoms with van der Waals surface area (Å²) in [7, 11) is 1.76. The molecule has 0 bridgehead atoms. The van der Waals surface area contributed by atoms with E-state index in [9.17, 15) is 0 Å². The maximum Gasteiger partial charge on any atom is 0.123 e. The quantitative estimate of drug-likeness (QED) is 0.899. The molecule has 0 amide bonds. The smallest absolute Gasteiger partial charge is 0.123 e. The van der Waals surface area contributed by atoms with Gasteiger partial charge in [-0.2, -0.15) is 0 Å². The number of ether oxygens (including phenoxy) is 1. The van der Waals surface area contributed by atoms with Gasteiger partial charge in [0.1, 0.15) is 5.75 Å². The monoisotopic (exact) mass is 290 g/mol. The van der Waals surface area contributed by atoms with Crippen LogP contribution in [0.3, 0.4) is 0 Å². The van der Waals surface area contributed by atoms with Crippen LogP contribution in [-0.2, 0) is 6.54 Å². The van der Waals surface area contributed by atoms with Crippen molar-refractivity contribution in [1.29, 1.82) is 0 Å². The van der Waals surface area contributed by atoms with E-state index in [0.29, 0.717) is 0 Å². The van der Waals surface area contributed by atoms with Gasteiger partial charge in [-0.05, 0) is 32.8 Å². The second kappa shape index (κ2) is 6.37. The maximum absolute atomic E-state index is 5.52. The predicted octanol–water partition coefficient (Wildman–Crippen LogP) is 3.44. The summed E-state index contributed by atoms with van der Waals surface area (Å²) in [6.07, 6.45) is 2.30. The highest BCUT2D eigenvalue weighted by molar-refractivity contribution is 5.33. The Morgan fingerprint density at radius 2 is 1.90 bits per heavy atom. The zero-order valence-electron chi connectivity index (χ0n) is 14.2. The fourth-order valence-electron chi connectivity index (χ4n) is 3.06. The third kappa shape index (κ3) is 3.41. The minimum absolute atomic E-state index is 0.204. The van der Waals surface area contributed by atoms with E-state index in [1.165, 1.54) is 5.56 Å². The number of hydrogen-bond donors (Lipinski definition) is 1. The van der Waals surface area contributed by atoms with Crippen molar-refractivity contribution in [2.24, 2.45) is 0 Å². The summed E-state index contributed by atoms with van der Waals surface area (Å²) >= 11 is 0. The molecule has 1 aliphatic heterocycles. The topological polar surface area (TPSA) is 24.5 Å². The number of nitrogens with zero attached hydrogens (tertiary/aromatic N) is 1. The molecule has 0 radical (unpaired) electrons. The molecule has 21 heavy (non-hydrogen) atoms. The molecule has 2 atom stereocenters. The van der Waals surface area contributed by atoms with Crippen molar-refractivity contribution in [3.63, 3.8) is 0 Å². The van der Waals surface area contributed by atoms with E-state index in [1.807, 2.05) is 6.07 Å². The van der Waals surface area contributed by atoms with Gasteiger partial charge in [0.15, 0.2) is 0 Å². The molecule has 1 aromatic rings. The standard InChI is InChI=1S/C18H30N2O/c1-6-17(3)14-20(18(4,7-2)13-19-17)12-15-10-8-9-11-16(15)21-5/h8-11,19H,6-7,12-14H2,1-5H3. The van der Waals surface area contributed by atoms with E-state index in [2.05, 4.69) is 56.1 Å². The van der Waals surface area contributed by atoms with Gasteiger partial charge in [-0.25, -0.2) is 0 Å². The second-order valence-electron chi connectivity index (χ2n) is 6.79. The number of methoxy groups -OCH3 is 1. The van der Waals surface area contributed by atoms with Crippen molar-refractivity contribution in [2.45, 2.75) is 58.2 Å². The van der Waals surface area contributed by atoms with Crippen LogP contribution in [0.1, 0.15) is 46.1 Å². The largest absolute Gasteiger partial charge is 0.496 e. The zero-order chi connectivity index (χ0) is 15.5. The average Bonchev–Trinajstić information content (AvgIpc) is 2.52. The number of benzene rings is 1. The Hall–Kier alpha value is -1.06. The molecule has 0 aliphatic carbocycles. The van der Waals surface area contributed by atoms with Gasteiger partial charge in [0, 0.05) is 36.3 Å². The summed E-state index contributed by atoms with van der Waals surface area (Å²) in [5, 5.41) is 3.76. The Balaban J connectivity index is 2.24. The first kappa shape index (κ1) is 16.3. The molecule has 2 unspecified atom stereocenters. The second-order valence-corrected chi connectivity index (χ2v) is 6.79. The predicted molar refractivity (Wildman–Crippen MR) is 88.8 cm³/mol. The number of nitrogens with one attached hydrogen (secondary N) is 1. The Kier molecular flexibility index (Phi) is 4.95. The van der Waals surface area contributed by atoms with Crippen molar-refractivity contribution in [1.82, 2.24) is 10.2 Å². The Morgan fingerprint density at radius 1 is 1.19 bits per heavy atom. The van der Waals surface area contributed by atoms with Crippen LogP contribution < -0.4 is 10.1 Å². The van der Waals surface area contributed by atoms with Crippen LogP contribution in [-0.4, -0.2) is 36.2 Å². The highest BCUT2D eigenvalue weighted by Gasteiger charge is 2.40. The van der Waals surface area contributed by atoms with Crippen molar-refractivity contribution in [3.05, 3.63) is 29.8 Å². The van der Waals surface area contributed by atoms with Crippen LogP contribution in [0.5, 0.6) is 5.75 Å². The summed E-state index contributed by atoms with van der Waals surface area (Å²) in [5.41, 5.74) is 1.69. The fourth-order valence-corrected chi connectivity index (χ4v) is 3.06. The normalized spacial score (nSPS) is 30.3. The van der Waals surface area contributed by atoms with E-state index in [1.54, 1.807) is 7.11 Å². The minimum atomic E-state index is 0.204. The van der Waals surface area contributed by atoms with Gasteiger partial charge >= 0.3 is 0 Å². The average molecular weight is 290 g/mol. The van der Waals surface area contributed by atoms with E-state index >= 15 is 0 Å². The summed E-state index contributed by atoms with van der Waals surface area (Å²) in [4.78, 5) is 2.63. The van der Waals surface area contributed by atoms with Gasteiger partial charge in [-0.15, -0.1) is 0 Å². The summed E-state index contributed by atoms with van der Waals surface area (Å²) < 4.78 is 5.52. The van der Waals surface area contributed by atoms with Crippen molar-refractivity contribution < 1.29 is 4.74 Å². The van der Waals surface area contributed by atoms with Crippen LogP contribution in [0.15, 0.2) is 24.3 Å². The highest BCUT2D eigenvalue weighted by atomic mass is 16.5. The van der Waals surface area contributed by atoms with E-state index in [4.69, 9.17) is 4.74 Å². The van der Waals surface area contributed by atoms with E-state index in [-0.39, 0.29) is 11.1 Å². The molecule has 1 saturated heterocycles. The van der Waals surface area contributed by atoms with Gasteiger partial charge in [0.2, 0.25) is 0 Å². The molecular weight excluding hydrogens is 260 g/mol. The van der Waals surface area contributed by atoms with Gasteiger partial charge in [-0.3, -0.25) is 4.90 Å². The van der Waals surface area contributed by atoms with Gasteiger partial charge < -0.3 is 10.1 Å². The van der Waals surface area contributed by atoms with Gasteiger partial charge in [0.25, 0.3) is 0 Å². The lowest BCUT2D eigenvalue weighted by atomic mass is 9.85. The SMILES string of the molecule is CCC1(C)CN(Cc2ccccc2OC)C(C)(CC)CN1. The molecule has 1 N–H and O–H groups in total. The molecule has 1 aliphatic rings.